The Hall–Kier alpha value is -2.00. The molecule has 120 valence electrons. The van der Waals surface area contributed by atoms with E-state index in [1.54, 1.807) is 7.11 Å². The molecule has 0 spiro atoms. The second kappa shape index (κ2) is 7.05. The minimum absolute atomic E-state index is 0.899. The van der Waals surface area contributed by atoms with Crippen molar-refractivity contribution in [2.45, 2.75) is 19.8 Å². The number of rotatable bonds is 6. The second-order valence-electron chi connectivity index (χ2n) is 5.78. The van der Waals surface area contributed by atoms with Crippen LogP contribution >= 0.6 is 11.3 Å². The standard InChI is InChI=1S/C20H23NOS/c1-4-5-14-21(2)19-17-8-6-7-9-18(17)23-20(19)15-10-12-16(22-3)13-11-15/h6-13H,4-5,14H2,1-3H3. The highest BCUT2D eigenvalue weighted by molar-refractivity contribution is 7.23. The molecule has 0 saturated heterocycles. The first kappa shape index (κ1) is 15.9. The highest BCUT2D eigenvalue weighted by Gasteiger charge is 2.16. The second-order valence-corrected chi connectivity index (χ2v) is 6.83. The van der Waals surface area contributed by atoms with Gasteiger partial charge in [-0.1, -0.05) is 31.5 Å². The lowest BCUT2D eigenvalue weighted by molar-refractivity contribution is 0.415. The van der Waals surface area contributed by atoms with Gasteiger partial charge in [-0.2, -0.15) is 0 Å². The minimum Gasteiger partial charge on any atom is -0.497 e. The molecule has 0 atom stereocenters. The fourth-order valence-corrected chi connectivity index (χ4v) is 4.11. The molecule has 0 bridgehead atoms. The zero-order valence-electron chi connectivity index (χ0n) is 14.0. The van der Waals surface area contributed by atoms with Crippen LogP contribution in [0.1, 0.15) is 19.8 Å². The maximum Gasteiger partial charge on any atom is 0.118 e. The summed E-state index contributed by atoms with van der Waals surface area (Å²) in [7, 11) is 3.91. The van der Waals surface area contributed by atoms with E-state index in [2.05, 4.69) is 55.3 Å². The van der Waals surface area contributed by atoms with Crippen LogP contribution < -0.4 is 9.64 Å². The minimum atomic E-state index is 0.899. The normalized spacial score (nSPS) is 10.9. The number of methoxy groups -OCH3 is 1. The van der Waals surface area contributed by atoms with Crippen LogP contribution in [-0.4, -0.2) is 20.7 Å². The van der Waals surface area contributed by atoms with E-state index in [9.17, 15) is 0 Å². The van der Waals surface area contributed by atoms with E-state index in [1.807, 2.05) is 23.5 Å². The average Bonchev–Trinajstić information content (AvgIpc) is 2.99. The molecular weight excluding hydrogens is 302 g/mol. The van der Waals surface area contributed by atoms with Gasteiger partial charge in [0.05, 0.1) is 17.7 Å². The number of nitrogens with zero attached hydrogens (tertiary/aromatic N) is 1. The highest BCUT2D eigenvalue weighted by Crippen LogP contribution is 2.44. The van der Waals surface area contributed by atoms with Crippen molar-refractivity contribution in [3.63, 3.8) is 0 Å². The van der Waals surface area contributed by atoms with Crippen molar-refractivity contribution in [1.82, 2.24) is 0 Å². The molecule has 3 rings (SSSR count). The lowest BCUT2D eigenvalue weighted by Crippen LogP contribution is -2.18. The lowest BCUT2D eigenvalue weighted by atomic mass is 10.1. The van der Waals surface area contributed by atoms with Crippen molar-refractivity contribution in [2.75, 3.05) is 25.6 Å². The molecule has 2 nitrogen and oxygen atoms in total. The molecule has 0 aliphatic heterocycles. The van der Waals surface area contributed by atoms with Crippen molar-refractivity contribution in [3.05, 3.63) is 48.5 Å². The molecule has 0 saturated carbocycles. The first-order valence-electron chi connectivity index (χ1n) is 8.11. The molecule has 0 aliphatic rings. The molecule has 0 aliphatic carbocycles. The number of hydrogen-bond acceptors (Lipinski definition) is 3. The van der Waals surface area contributed by atoms with Crippen molar-refractivity contribution in [1.29, 1.82) is 0 Å². The summed E-state index contributed by atoms with van der Waals surface area (Å²) in [6.07, 6.45) is 2.42. The van der Waals surface area contributed by atoms with Crippen LogP contribution in [0.25, 0.3) is 20.5 Å². The average molecular weight is 325 g/mol. The third-order valence-electron chi connectivity index (χ3n) is 4.15. The van der Waals surface area contributed by atoms with Crippen LogP contribution in [0.3, 0.4) is 0 Å². The molecule has 1 aromatic heterocycles. The topological polar surface area (TPSA) is 12.5 Å². The van der Waals surface area contributed by atoms with Crippen LogP contribution in [0.5, 0.6) is 5.75 Å². The fraction of sp³-hybridized carbons (Fsp3) is 0.300. The van der Waals surface area contributed by atoms with Crippen LogP contribution in [0.4, 0.5) is 5.69 Å². The molecule has 0 amide bonds. The monoisotopic (exact) mass is 325 g/mol. The largest absolute Gasteiger partial charge is 0.497 e. The van der Waals surface area contributed by atoms with Gasteiger partial charge in [-0.15, -0.1) is 11.3 Å². The quantitative estimate of drug-likeness (QED) is 0.567. The van der Waals surface area contributed by atoms with Crippen molar-refractivity contribution >= 4 is 27.1 Å². The number of unbranched alkanes of at least 4 members (excludes halogenated alkanes) is 1. The smallest absolute Gasteiger partial charge is 0.118 e. The van der Waals surface area contributed by atoms with Crippen molar-refractivity contribution in [3.8, 4) is 16.2 Å². The van der Waals surface area contributed by atoms with Crippen molar-refractivity contribution < 1.29 is 4.74 Å². The van der Waals surface area contributed by atoms with Crippen LogP contribution in [0.2, 0.25) is 0 Å². The molecule has 0 unspecified atom stereocenters. The third-order valence-corrected chi connectivity index (χ3v) is 5.36. The Bertz CT molecular complexity index is 776. The maximum atomic E-state index is 5.29. The molecule has 3 aromatic rings. The number of fused-ring (bicyclic) bond motifs is 1. The van der Waals surface area contributed by atoms with Crippen LogP contribution in [0, 0.1) is 0 Å². The van der Waals surface area contributed by atoms with E-state index < -0.39 is 0 Å². The molecule has 1 heterocycles. The van der Waals surface area contributed by atoms with Gasteiger partial charge in [-0.3, -0.25) is 0 Å². The van der Waals surface area contributed by atoms with Gasteiger partial charge in [0.15, 0.2) is 0 Å². The van der Waals surface area contributed by atoms with Gasteiger partial charge in [0.1, 0.15) is 5.75 Å². The number of thiophene rings is 1. The Kier molecular flexibility index (Phi) is 4.87. The summed E-state index contributed by atoms with van der Waals surface area (Å²) in [5, 5.41) is 1.35. The molecule has 23 heavy (non-hydrogen) atoms. The summed E-state index contributed by atoms with van der Waals surface area (Å²) in [6.45, 7) is 3.32. The fourth-order valence-electron chi connectivity index (χ4n) is 2.86. The van der Waals surface area contributed by atoms with E-state index in [0.29, 0.717) is 0 Å². The molecular formula is C20H23NOS. The van der Waals surface area contributed by atoms with E-state index in [1.165, 1.54) is 39.1 Å². The van der Waals surface area contributed by atoms with E-state index >= 15 is 0 Å². The van der Waals surface area contributed by atoms with Gasteiger partial charge >= 0.3 is 0 Å². The zero-order chi connectivity index (χ0) is 16.2. The number of benzene rings is 2. The molecule has 0 radical (unpaired) electrons. The third kappa shape index (κ3) is 3.20. The number of hydrogen-bond donors (Lipinski definition) is 0. The molecule has 0 fully saturated rings. The van der Waals surface area contributed by atoms with E-state index in [4.69, 9.17) is 4.74 Å². The predicted octanol–water partition coefficient (Wildman–Crippen LogP) is 5.81. The Morgan fingerprint density at radius 1 is 1.04 bits per heavy atom. The highest BCUT2D eigenvalue weighted by atomic mass is 32.1. The number of ether oxygens (including phenoxy) is 1. The SMILES string of the molecule is CCCCN(C)c1c(-c2ccc(OC)cc2)sc2ccccc12. The Morgan fingerprint density at radius 2 is 1.78 bits per heavy atom. The Balaban J connectivity index is 2.10. The van der Waals surface area contributed by atoms with Gasteiger partial charge < -0.3 is 9.64 Å². The van der Waals surface area contributed by atoms with Crippen LogP contribution in [0.15, 0.2) is 48.5 Å². The van der Waals surface area contributed by atoms with Crippen LogP contribution in [-0.2, 0) is 0 Å². The first-order chi connectivity index (χ1) is 11.2. The Morgan fingerprint density at radius 3 is 2.48 bits per heavy atom. The number of anilines is 1. The first-order valence-corrected chi connectivity index (χ1v) is 8.93. The molecule has 2 aromatic carbocycles. The summed E-state index contributed by atoms with van der Waals surface area (Å²) < 4.78 is 6.63. The summed E-state index contributed by atoms with van der Waals surface area (Å²) in [5.41, 5.74) is 2.61. The predicted molar refractivity (Wildman–Crippen MR) is 102 cm³/mol. The van der Waals surface area contributed by atoms with Gasteiger partial charge in [0, 0.05) is 23.7 Å². The van der Waals surface area contributed by atoms with Gasteiger partial charge in [-0.05, 0) is 42.3 Å². The van der Waals surface area contributed by atoms with Gasteiger partial charge in [0.2, 0.25) is 0 Å². The van der Waals surface area contributed by atoms with E-state index in [-0.39, 0.29) is 0 Å². The summed E-state index contributed by atoms with van der Waals surface area (Å²) in [4.78, 5) is 3.74. The van der Waals surface area contributed by atoms with Gasteiger partial charge in [0.25, 0.3) is 0 Å². The Labute approximate surface area is 142 Å². The maximum absolute atomic E-state index is 5.29. The van der Waals surface area contributed by atoms with Gasteiger partial charge in [-0.25, -0.2) is 0 Å². The summed E-state index contributed by atoms with van der Waals surface area (Å²) >= 11 is 1.87. The van der Waals surface area contributed by atoms with Crippen molar-refractivity contribution in [2.24, 2.45) is 0 Å². The lowest BCUT2D eigenvalue weighted by Gasteiger charge is -2.20. The zero-order valence-corrected chi connectivity index (χ0v) is 14.8. The molecule has 0 N–H and O–H groups in total. The molecule has 3 heteroatoms. The van der Waals surface area contributed by atoms with E-state index in [0.717, 1.165) is 12.3 Å². The summed E-state index contributed by atoms with van der Waals surface area (Å²) in [6, 6.07) is 17.1. The summed E-state index contributed by atoms with van der Waals surface area (Å²) in [5.74, 6) is 0.899.